The number of benzene rings is 3. The molecule has 0 saturated carbocycles. The van der Waals surface area contributed by atoms with Gasteiger partial charge in [-0.25, -0.2) is 8.78 Å². The minimum Gasteiger partial charge on any atom is -0.493 e. The number of methoxy groups -OCH3 is 2. The van der Waals surface area contributed by atoms with Crippen molar-refractivity contribution in [2.75, 3.05) is 20.8 Å². The minimum atomic E-state index is -4.60. The van der Waals surface area contributed by atoms with Crippen molar-refractivity contribution in [3.8, 4) is 11.5 Å². The molecule has 4 rings (SSSR count). The smallest absolute Gasteiger partial charge is 0.416 e. The third-order valence-electron chi connectivity index (χ3n) is 5.82. The van der Waals surface area contributed by atoms with Gasteiger partial charge in [0.25, 0.3) is 5.91 Å². The number of ether oxygens (including phenoxy) is 2. The van der Waals surface area contributed by atoms with E-state index >= 15 is 0 Å². The molecule has 0 aliphatic carbocycles. The van der Waals surface area contributed by atoms with Crippen LogP contribution in [0, 0.1) is 11.6 Å². The predicted octanol–water partition coefficient (Wildman–Crippen LogP) is 5.79. The summed E-state index contributed by atoms with van der Waals surface area (Å²) in [6.45, 7) is 0.0676. The van der Waals surface area contributed by atoms with Gasteiger partial charge in [-0.15, -0.1) is 0 Å². The van der Waals surface area contributed by atoms with Crippen molar-refractivity contribution in [3.05, 3.63) is 94.0 Å². The molecular formula is C25H20F5NO3. The molecule has 0 N–H and O–H groups in total. The van der Waals surface area contributed by atoms with Crippen LogP contribution in [0.3, 0.4) is 0 Å². The number of hydrogen-bond acceptors (Lipinski definition) is 3. The fraction of sp³-hybridized carbons (Fsp3) is 0.240. The van der Waals surface area contributed by atoms with Crippen molar-refractivity contribution in [3.63, 3.8) is 0 Å². The number of amides is 1. The molecule has 0 bridgehead atoms. The van der Waals surface area contributed by atoms with Crippen molar-refractivity contribution in [2.45, 2.75) is 18.6 Å². The first-order chi connectivity index (χ1) is 16.1. The summed E-state index contributed by atoms with van der Waals surface area (Å²) in [7, 11) is 2.87. The lowest BCUT2D eigenvalue weighted by molar-refractivity contribution is -0.137. The van der Waals surface area contributed by atoms with Gasteiger partial charge in [0.2, 0.25) is 0 Å². The highest BCUT2D eigenvalue weighted by Crippen LogP contribution is 2.42. The lowest BCUT2D eigenvalue weighted by atomic mass is 9.86. The van der Waals surface area contributed by atoms with Crippen molar-refractivity contribution < 1.29 is 36.2 Å². The van der Waals surface area contributed by atoms with Crippen molar-refractivity contribution in [2.24, 2.45) is 0 Å². The average molecular weight is 477 g/mol. The second-order valence-electron chi connectivity index (χ2n) is 7.80. The first-order valence-electron chi connectivity index (χ1n) is 10.3. The third-order valence-corrected chi connectivity index (χ3v) is 5.82. The predicted molar refractivity (Wildman–Crippen MR) is 114 cm³/mol. The topological polar surface area (TPSA) is 38.8 Å². The van der Waals surface area contributed by atoms with E-state index in [0.29, 0.717) is 23.5 Å². The Kier molecular flexibility index (Phi) is 6.20. The van der Waals surface area contributed by atoms with Crippen LogP contribution >= 0.6 is 0 Å². The largest absolute Gasteiger partial charge is 0.493 e. The number of nitrogens with zero attached hydrogens (tertiary/aromatic N) is 1. The molecule has 1 unspecified atom stereocenters. The maximum Gasteiger partial charge on any atom is 0.416 e. The van der Waals surface area contributed by atoms with E-state index in [1.165, 1.54) is 31.3 Å². The molecule has 34 heavy (non-hydrogen) atoms. The fourth-order valence-electron chi connectivity index (χ4n) is 4.23. The Morgan fingerprint density at radius 3 is 2.35 bits per heavy atom. The second-order valence-corrected chi connectivity index (χ2v) is 7.80. The zero-order valence-corrected chi connectivity index (χ0v) is 18.2. The van der Waals surface area contributed by atoms with E-state index in [1.54, 1.807) is 12.1 Å². The zero-order chi connectivity index (χ0) is 24.6. The molecule has 0 saturated heterocycles. The lowest BCUT2D eigenvalue weighted by Crippen LogP contribution is -2.41. The Hall–Kier alpha value is -3.62. The highest BCUT2D eigenvalue weighted by atomic mass is 19.4. The molecule has 4 nitrogen and oxygen atoms in total. The number of alkyl halides is 3. The summed E-state index contributed by atoms with van der Waals surface area (Å²) in [6, 6.07) is 9.42. The monoisotopic (exact) mass is 477 g/mol. The molecule has 3 aromatic rings. The first kappa shape index (κ1) is 23.5. The molecule has 1 atom stereocenters. The van der Waals surface area contributed by atoms with Crippen molar-refractivity contribution >= 4 is 5.91 Å². The van der Waals surface area contributed by atoms with Crippen LogP contribution in [0.25, 0.3) is 0 Å². The van der Waals surface area contributed by atoms with Crippen molar-refractivity contribution in [1.29, 1.82) is 0 Å². The molecule has 3 aromatic carbocycles. The Bertz CT molecular complexity index is 1240. The van der Waals surface area contributed by atoms with E-state index in [1.807, 2.05) is 0 Å². The maximum absolute atomic E-state index is 14.4. The van der Waals surface area contributed by atoms with Gasteiger partial charge >= 0.3 is 6.18 Å². The highest BCUT2D eigenvalue weighted by molar-refractivity contribution is 5.95. The summed E-state index contributed by atoms with van der Waals surface area (Å²) in [4.78, 5) is 14.6. The van der Waals surface area contributed by atoms with E-state index in [9.17, 15) is 26.7 Å². The molecule has 0 spiro atoms. The summed E-state index contributed by atoms with van der Waals surface area (Å²) in [6.07, 6.45) is -4.28. The van der Waals surface area contributed by atoms with Crippen molar-refractivity contribution in [1.82, 2.24) is 4.90 Å². The molecule has 0 radical (unpaired) electrons. The minimum absolute atomic E-state index is 0.0676. The van der Waals surface area contributed by atoms with Gasteiger partial charge in [-0.1, -0.05) is 12.1 Å². The van der Waals surface area contributed by atoms with Crippen LogP contribution in [0.1, 0.15) is 38.7 Å². The number of rotatable bonds is 4. The highest BCUT2D eigenvalue weighted by Gasteiger charge is 2.37. The van der Waals surface area contributed by atoms with E-state index in [-0.39, 0.29) is 12.1 Å². The van der Waals surface area contributed by atoms with Gasteiger partial charge in [-0.05, 0) is 65.6 Å². The Balaban J connectivity index is 1.91. The van der Waals surface area contributed by atoms with E-state index < -0.39 is 40.9 Å². The van der Waals surface area contributed by atoms with Gasteiger partial charge in [0.15, 0.2) is 11.5 Å². The maximum atomic E-state index is 14.4. The standard InChI is InChI=1S/C25H20F5NO3/c1-33-21-11-14-8-9-31(24(32)19-12-17(26)6-7-20(19)27)23(18(14)13-22(21)34-2)15-4-3-5-16(10-15)25(28,29)30/h3-7,10-13,23H,8-9H2,1-2H3. The molecule has 1 aliphatic heterocycles. The summed E-state index contributed by atoms with van der Waals surface area (Å²) in [5.41, 5.74) is 0.0354. The quantitative estimate of drug-likeness (QED) is 0.447. The molecule has 1 heterocycles. The molecular weight excluding hydrogens is 457 g/mol. The lowest BCUT2D eigenvalue weighted by Gasteiger charge is -2.38. The van der Waals surface area contributed by atoms with Gasteiger partial charge in [0.05, 0.1) is 31.4 Å². The molecule has 0 aromatic heterocycles. The van der Waals surface area contributed by atoms with E-state index in [0.717, 1.165) is 35.9 Å². The number of fused-ring (bicyclic) bond motifs is 1. The second kappa shape index (κ2) is 8.96. The molecule has 9 heteroatoms. The Labute approximate surface area is 192 Å². The number of carbonyl (C=O) groups is 1. The van der Waals surface area contributed by atoms with Crippen LogP contribution in [0.15, 0.2) is 54.6 Å². The molecule has 178 valence electrons. The van der Waals surface area contributed by atoms with Crippen LogP contribution in [0.2, 0.25) is 0 Å². The zero-order valence-electron chi connectivity index (χ0n) is 18.2. The van der Waals surface area contributed by atoms with Gasteiger partial charge in [0.1, 0.15) is 11.6 Å². The van der Waals surface area contributed by atoms with E-state index in [2.05, 4.69) is 0 Å². The van der Waals surface area contributed by atoms with Gasteiger partial charge in [-0.2, -0.15) is 13.2 Å². The summed E-state index contributed by atoms with van der Waals surface area (Å²) >= 11 is 0. The molecule has 1 aliphatic rings. The normalized spacial score (nSPS) is 15.6. The SMILES string of the molecule is COc1cc2c(cc1OC)C(c1cccc(C(F)(F)F)c1)N(C(=O)c1cc(F)ccc1F)CC2. The number of carbonyl (C=O) groups excluding carboxylic acids is 1. The first-order valence-corrected chi connectivity index (χ1v) is 10.3. The fourth-order valence-corrected chi connectivity index (χ4v) is 4.23. The van der Waals surface area contributed by atoms with Gasteiger partial charge < -0.3 is 14.4 Å². The van der Waals surface area contributed by atoms with Crippen LogP contribution in [-0.2, 0) is 12.6 Å². The molecule has 1 amide bonds. The summed E-state index contributed by atoms with van der Waals surface area (Å²) in [5.74, 6) is -1.80. The van der Waals surface area contributed by atoms with E-state index in [4.69, 9.17) is 9.47 Å². The third kappa shape index (κ3) is 4.30. The van der Waals surface area contributed by atoms with Gasteiger partial charge in [0, 0.05) is 6.54 Å². The van der Waals surface area contributed by atoms with Crippen LogP contribution < -0.4 is 9.47 Å². The van der Waals surface area contributed by atoms with Crippen LogP contribution in [0.4, 0.5) is 22.0 Å². The number of halogens is 5. The summed E-state index contributed by atoms with van der Waals surface area (Å²) < 4.78 is 79.3. The van der Waals surface area contributed by atoms with Gasteiger partial charge in [-0.3, -0.25) is 4.79 Å². The van der Waals surface area contributed by atoms with Crippen LogP contribution in [-0.4, -0.2) is 31.6 Å². The Morgan fingerprint density at radius 1 is 0.971 bits per heavy atom. The van der Waals surface area contributed by atoms with Crippen LogP contribution in [0.5, 0.6) is 11.5 Å². The summed E-state index contributed by atoms with van der Waals surface area (Å²) in [5, 5.41) is 0. The Morgan fingerprint density at radius 2 is 1.68 bits per heavy atom. The number of hydrogen-bond donors (Lipinski definition) is 0. The average Bonchev–Trinajstić information content (AvgIpc) is 2.82. The molecule has 0 fully saturated rings.